The lowest BCUT2D eigenvalue weighted by atomic mass is 10.1. The van der Waals surface area contributed by atoms with Crippen LogP contribution < -0.4 is 10.1 Å². The number of ether oxygens (including phenoxy) is 1. The van der Waals surface area contributed by atoms with Crippen molar-refractivity contribution in [2.75, 3.05) is 12.4 Å². The highest BCUT2D eigenvalue weighted by molar-refractivity contribution is 5.96. The molecule has 1 aromatic heterocycles. The van der Waals surface area contributed by atoms with Gasteiger partial charge < -0.3 is 10.1 Å². The molecule has 16 heavy (non-hydrogen) atoms. The predicted octanol–water partition coefficient (Wildman–Crippen LogP) is 3.06. The first kappa shape index (κ1) is 10.7. The lowest BCUT2D eigenvalue weighted by Gasteiger charge is -2.12. The zero-order valence-corrected chi connectivity index (χ0v) is 9.82. The largest absolute Gasteiger partial charge is 0.475 e. The maximum Gasteiger partial charge on any atom is 0.221 e. The highest BCUT2D eigenvalue weighted by atomic mass is 16.5. The molecule has 0 unspecified atom stereocenters. The molecule has 0 aliphatic heterocycles. The molecule has 1 N–H and O–H groups in total. The predicted molar refractivity (Wildman–Crippen MR) is 67.1 cm³/mol. The number of anilines is 1. The molecular formula is C13H16N2O. The Bertz CT molecular complexity index is 494. The molecule has 84 valence electrons. The van der Waals surface area contributed by atoms with Crippen molar-refractivity contribution >= 4 is 16.5 Å². The third-order valence-corrected chi connectivity index (χ3v) is 2.39. The minimum Gasteiger partial charge on any atom is -0.475 e. The first-order valence-electron chi connectivity index (χ1n) is 5.44. The van der Waals surface area contributed by atoms with Crippen LogP contribution in [-0.2, 0) is 0 Å². The van der Waals surface area contributed by atoms with E-state index in [9.17, 15) is 0 Å². The number of nitrogens with one attached hydrogen (secondary N) is 1. The summed E-state index contributed by atoms with van der Waals surface area (Å²) >= 11 is 0. The Morgan fingerprint density at radius 2 is 2.00 bits per heavy atom. The van der Waals surface area contributed by atoms with Crippen molar-refractivity contribution in [3.05, 3.63) is 30.5 Å². The Balaban J connectivity index is 2.59. The topological polar surface area (TPSA) is 34.1 Å². The number of rotatable bonds is 3. The third kappa shape index (κ3) is 1.94. The van der Waals surface area contributed by atoms with Gasteiger partial charge in [0.2, 0.25) is 5.88 Å². The summed E-state index contributed by atoms with van der Waals surface area (Å²) in [5.74, 6) is 0.699. The van der Waals surface area contributed by atoms with Crippen molar-refractivity contribution in [3.8, 4) is 5.88 Å². The Hall–Kier alpha value is -1.77. The second-order valence-electron chi connectivity index (χ2n) is 3.93. The molecular weight excluding hydrogens is 200 g/mol. The number of aromatic nitrogens is 1. The van der Waals surface area contributed by atoms with Gasteiger partial charge in [0.05, 0.1) is 6.10 Å². The zero-order valence-electron chi connectivity index (χ0n) is 9.82. The average molecular weight is 216 g/mol. The van der Waals surface area contributed by atoms with E-state index in [1.54, 1.807) is 6.20 Å². The van der Waals surface area contributed by atoms with Gasteiger partial charge in [-0.1, -0.05) is 6.07 Å². The van der Waals surface area contributed by atoms with E-state index in [2.05, 4.69) is 10.3 Å². The van der Waals surface area contributed by atoms with Crippen LogP contribution in [0.2, 0.25) is 0 Å². The van der Waals surface area contributed by atoms with E-state index in [0.717, 1.165) is 16.5 Å². The fraction of sp³-hybridized carbons (Fsp3) is 0.308. The fourth-order valence-electron chi connectivity index (χ4n) is 1.72. The van der Waals surface area contributed by atoms with Gasteiger partial charge in [0.25, 0.3) is 0 Å². The minimum absolute atomic E-state index is 0.136. The van der Waals surface area contributed by atoms with Crippen molar-refractivity contribution in [1.82, 2.24) is 4.98 Å². The number of nitrogens with zero attached hydrogens (tertiary/aromatic N) is 1. The van der Waals surface area contributed by atoms with Gasteiger partial charge in [0.1, 0.15) is 0 Å². The van der Waals surface area contributed by atoms with Gasteiger partial charge in [-0.05, 0) is 32.0 Å². The number of benzene rings is 1. The summed E-state index contributed by atoms with van der Waals surface area (Å²) in [6, 6.07) is 8.07. The minimum atomic E-state index is 0.136. The summed E-state index contributed by atoms with van der Waals surface area (Å²) in [7, 11) is 1.91. The zero-order chi connectivity index (χ0) is 11.5. The van der Waals surface area contributed by atoms with Gasteiger partial charge in [0, 0.05) is 29.7 Å². The van der Waals surface area contributed by atoms with Crippen molar-refractivity contribution < 1.29 is 4.74 Å². The molecule has 3 nitrogen and oxygen atoms in total. The molecule has 0 saturated heterocycles. The lowest BCUT2D eigenvalue weighted by Crippen LogP contribution is -2.07. The van der Waals surface area contributed by atoms with E-state index >= 15 is 0 Å². The number of fused-ring (bicyclic) bond motifs is 1. The molecule has 2 aromatic rings. The van der Waals surface area contributed by atoms with Crippen LogP contribution in [0.15, 0.2) is 30.5 Å². The molecule has 0 radical (unpaired) electrons. The van der Waals surface area contributed by atoms with E-state index in [1.165, 1.54) is 0 Å². The molecule has 0 aliphatic rings. The molecule has 0 atom stereocenters. The molecule has 2 rings (SSSR count). The molecule has 0 aliphatic carbocycles. The van der Waals surface area contributed by atoms with Crippen LogP contribution in [0.1, 0.15) is 13.8 Å². The quantitative estimate of drug-likeness (QED) is 0.856. The van der Waals surface area contributed by atoms with Crippen molar-refractivity contribution in [2.45, 2.75) is 20.0 Å². The highest BCUT2D eigenvalue weighted by Crippen LogP contribution is 2.28. The number of hydrogen-bond donors (Lipinski definition) is 1. The Kier molecular flexibility index (Phi) is 2.95. The summed E-state index contributed by atoms with van der Waals surface area (Å²) in [5, 5.41) is 5.35. The van der Waals surface area contributed by atoms with Crippen molar-refractivity contribution in [3.63, 3.8) is 0 Å². The Labute approximate surface area is 95.5 Å². The molecule has 0 amide bonds. The van der Waals surface area contributed by atoms with Crippen LogP contribution in [0, 0.1) is 0 Å². The first-order chi connectivity index (χ1) is 7.72. The van der Waals surface area contributed by atoms with E-state index in [1.807, 2.05) is 45.2 Å². The SMILES string of the molecule is CNc1cccc2c(OC(C)C)nccc12. The van der Waals surface area contributed by atoms with E-state index in [4.69, 9.17) is 4.74 Å². The van der Waals surface area contributed by atoms with Gasteiger partial charge in [-0.3, -0.25) is 0 Å². The van der Waals surface area contributed by atoms with Crippen molar-refractivity contribution in [1.29, 1.82) is 0 Å². The van der Waals surface area contributed by atoms with Gasteiger partial charge in [-0.2, -0.15) is 0 Å². The van der Waals surface area contributed by atoms with Gasteiger partial charge >= 0.3 is 0 Å². The maximum absolute atomic E-state index is 5.69. The van der Waals surface area contributed by atoms with E-state index in [-0.39, 0.29) is 6.10 Å². The van der Waals surface area contributed by atoms with E-state index < -0.39 is 0 Å². The normalized spacial score (nSPS) is 10.8. The van der Waals surface area contributed by atoms with Gasteiger partial charge in [-0.15, -0.1) is 0 Å². The summed E-state index contributed by atoms with van der Waals surface area (Å²) in [5.41, 5.74) is 1.09. The average Bonchev–Trinajstić information content (AvgIpc) is 2.28. The third-order valence-electron chi connectivity index (χ3n) is 2.39. The van der Waals surface area contributed by atoms with Crippen LogP contribution in [0.25, 0.3) is 10.8 Å². The van der Waals surface area contributed by atoms with Crippen LogP contribution >= 0.6 is 0 Å². The second-order valence-corrected chi connectivity index (χ2v) is 3.93. The molecule has 3 heteroatoms. The maximum atomic E-state index is 5.69. The monoisotopic (exact) mass is 216 g/mol. The van der Waals surface area contributed by atoms with E-state index in [0.29, 0.717) is 5.88 Å². The van der Waals surface area contributed by atoms with Crippen LogP contribution in [-0.4, -0.2) is 18.1 Å². The molecule has 0 saturated carbocycles. The van der Waals surface area contributed by atoms with Crippen LogP contribution in [0.4, 0.5) is 5.69 Å². The lowest BCUT2D eigenvalue weighted by molar-refractivity contribution is 0.236. The summed E-state index contributed by atoms with van der Waals surface area (Å²) < 4.78 is 5.69. The van der Waals surface area contributed by atoms with Gasteiger partial charge in [0.15, 0.2) is 0 Å². The Morgan fingerprint density at radius 1 is 1.19 bits per heavy atom. The molecule has 1 heterocycles. The Morgan fingerprint density at radius 3 is 2.69 bits per heavy atom. The molecule has 1 aromatic carbocycles. The molecule has 0 spiro atoms. The highest BCUT2D eigenvalue weighted by Gasteiger charge is 2.07. The van der Waals surface area contributed by atoms with Gasteiger partial charge in [-0.25, -0.2) is 4.98 Å². The second kappa shape index (κ2) is 4.39. The number of pyridine rings is 1. The number of hydrogen-bond acceptors (Lipinski definition) is 3. The van der Waals surface area contributed by atoms with Crippen LogP contribution in [0.5, 0.6) is 5.88 Å². The first-order valence-corrected chi connectivity index (χ1v) is 5.44. The summed E-state index contributed by atoms with van der Waals surface area (Å²) in [6.07, 6.45) is 1.91. The molecule has 0 fully saturated rings. The summed E-state index contributed by atoms with van der Waals surface area (Å²) in [4.78, 5) is 4.27. The molecule has 0 bridgehead atoms. The summed E-state index contributed by atoms with van der Waals surface area (Å²) in [6.45, 7) is 4.00. The smallest absolute Gasteiger partial charge is 0.221 e. The van der Waals surface area contributed by atoms with Crippen LogP contribution in [0.3, 0.4) is 0 Å². The fourth-order valence-corrected chi connectivity index (χ4v) is 1.72. The van der Waals surface area contributed by atoms with Crippen molar-refractivity contribution in [2.24, 2.45) is 0 Å². The standard InChI is InChI=1S/C13H16N2O/c1-9(2)16-13-11-5-4-6-12(14-3)10(11)7-8-15-13/h4-9,14H,1-3H3.